The smallest absolute Gasteiger partial charge is 0.229 e. The van der Waals surface area contributed by atoms with E-state index in [0.29, 0.717) is 17.6 Å². The van der Waals surface area contributed by atoms with Crippen LogP contribution in [-0.4, -0.2) is 27.6 Å². The predicted octanol–water partition coefficient (Wildman–Crippen LogP) is 2.51. The van der Waals surface area contributed by atoms with Crippen LogP contribution in [0, 0.1) is 6.92 Å². The van der Waals surface area contributed by atoms with Gasteiger partial charge in [-0.05, 0) is 32.4 Å². The van der Waals surface area contributed by atoms with Crippen molar-refractivity contribution in [3.8, 4) is 11.5 Å². The molecule has 0 saturated carbocycles. The minimum absolute atomic E-state index is 0.438. The van der Waals surface area contributed by atoms with Crippen molar-refractivity contribution in [3.05, 3.63) is 30.4 Å². The number of rotatable bonds is 2. The van der Waals surface area contributed by atoms with E-state index in [1.54, 1.807) is 12.4 Å². The van der Waals surface area contributed by atoms with Crippen molar-refractivity contribution in [1.29, 1.82) is 0 Å². The van der Waals surface area contributed by atoms with Crippen LogP contribution in [0.2, 0.25) is 0 Å². The van der Waals surface area contributed by atoms with Crippen molar-refractivity contribution in [1.82, 2.24) is 19.9 Å². The fourth-order valence-electron chi connectivity index (χ4n) is 3.14. The standard InChI is InChI=1S/C16H19N5O/c1-10-7-20-16(22-10)13-9-19-15-12(14(13)17)4-6-21(15)11-3-2-5-18-8-11/h4,6-7,9,11,18H,2-3,5,8H2,1H3,(H2,17,19)/t11-/m1/s1. The lowest BCUT2D eigenvalue weighted by Gasteiger charge is -2.24. The van der Waals surface area contributed by atoms with E-state index in [9.17, 15) is 0 Å². The molecule has 114 valence electrons. The Morgan fingerprint density at radius 2 is 2.27 bits per heavy atom. The summed E-state index contributed by atoms with van der Waals surface area (Å²) < 4.78 is 7.80. The number of aromatic nitrogens is 3. The Kier molecular flexibility index (Phi) is 3.11. The van der Waals surface area contributed by atoms with Crippen molar-refractivity contribution in [2.24, 2.45) is 0 Å². The fraction of sp³-hybridized carbons (Fsp3) is 0.375. The number of hydrogen-bond acceptors (Lipinski definition) is 5. The van der Waals surface area contributed by atoms with Crippen molar-refractivity contribution >= 4 is 16.7 Å². The lowest BCUT2D eigenvalue weighted by atomic mass is 10.1. The van der Waals surface area contributed by atoms with Gasteiger partial charge >= 0.3 is 0 Å². The molecule has 1 aliphatic rings. The van der Waals surface area contributed by atoms with E-state index in [1.807, 2.05) is 13.0 Å². The third-order valence-corrected chi connectivity index (χ3v) is 4.30. The maximum Gasteiger partial charge on any atom is 0.229 e. The number of nitrogen functional groups attached to an aromatic ring is 1. The zero-order valence-corrected chi connectivity index (χ0v) is 12.5. The maximum atomic E-state index is 6.33. The van der Waals surface area contributed by atoms with Crippen LogP contribution in [0.15, 0.2) is 29.1 Å². The van der Waals surface area contributed by atoms with Crippen LogP contribution in [0.1, 0.15) is 24.6 Å². The van der Waals surface area contributed by atoms with E-state index in [0.717, 1.165) is 35.4 Å². The van der Waals surface area contributed by atoms with E-state index < -0.39 is 0 Å². The quantitative estimate of drug-likeness (QED) is 0.759. The largest absolute Gasteiger partial charge is 0.441 e. The van der Waals surface area contributed by atoms with Crippen molar-refractivity contribution in [2.75, 3.05) is 18.8 Å². The van der Waals surface area contributed by atoms with Gasteiger partial charge in [0.15, 0.2) is 0 Å². The van der Waals surface area contributed by atoms with Crippen molar-refractivity contribution in [3.63, 3.8) is 0 Å². The Morgan fingerprint density at radius 3 is 3.00 bits per heavy atom. The van der Waals surface area contributed by atoms with Crippen LogP contribution in [0.4, 0.5) is 5.69 Å². The van der Waals surface area contributed by atoms with E-state index in [2.05, 4.69) is 26.0 Å². The summed E-state index contributed by atoms with van der Waals surface area (Å²) >= 11 is 0. The molecule has 6 nitrogen and oxygen atoms in total. The van der Waals surface area contributed by atoms with Gasteiger partial charge in [-0.25, -0.2) is 9.97 Å². The second-order valence-electron chi connectivity index (χ2n) is 5.82. The molecule has 1 aliphatic heterocycles. The number of fused-ring (bicyclic) bond motifs is 1. The Labute approximate surface area is 128 Å². The summed E-state index contributed by atoms with van der Waals surface area (Å²) in [7, 11) is 0. The first kappa shape index (κ1) is 13.3. The summed E-state index contributed by atoms with van der Waals surface area (Å²) in [4.78, 5) is 8.86. The predicted molar refractivity (Wildman–Crippen MR) is 85.5 cm³/mol. The molecule has 0 bridgehead atoms. The SMILES string of the molecule is Cc1cnc(-c2cnc3c(ccn3[C@@H]3CCCNC3)c2N)o1. The number of hydrogen-bond donors (Lipinski definition) is 2. The monoisotopic (exact) mass is 297 g/mol. The number of nitrogens with one attached hydrogen (secondary N) is 1. The minimum atomic E-state index is 0.438. The first-order chi connectivity index (χ1) is 10.7. The first-order valence-electron chi connectivity index (χ1n) is 7.62. The van der Waals surface area contributed by atoms with Gasteiger partial charge in [0.2, 0.25) is 5.89 Å². The van der Waals surface area contributed by atoms with Crippen molar-refractivity contribution in [2.45, 2.75) is 25.8 Å². The van der Waals surface area contributed by atoms with E-state index in [4.69, 9.17) is 10.2 Å². The maximum absolute atomic E-state index is 6.33. The second-order valence-corrected chi connectivity index (χ2v) is 5.82. The zero-order valence-electron chi connectivity index (χ0n) is 12.5. The highest BCUT2D eigenvalue weighted by Gasteiger charge is 2.19. The number of piperidine rings is 1. The molecule has 4 rings (SSSR count). The number of nitrogens with two attached hydrogens (primary N) is 1. The van der Waals surface area contributed by atoms with Gasteiger partial charge in [-0.15, -0.1) is 0 Å². The molecule has 6 heteroatoms. The average Bonchev–Trinajstić information content (AvgIpc) is 3.15. The summed E-state index contributed by atoms with van der Waals surface area (Å²) in [5.74, 6) is 1.29. The molecule has 22 heavy (non-hydrogen) atoms. The van der Waals surface area contributed by atoms with Gasteiger partial charge in [0.1, 0.15) is 11.4 Å². The molecule has 4 heterocycles. The summed E-state index contributed by atoms with van der Waals surface area (Å²) in [5, 5.41) is 4.39. The van der Waals surface area contributed by atoms with E-state index in [1.165, 1.54) is 12.8 Å². The normalized spacial score (nSPS) is 18.9. The number of oxazole rings is 1. The number of anilines is 1. The Bertz CT molecular complexity index is 813. The molecular formula is C16H19N5O. The molecular weight excluding hydrogens is 278 g/mol. The highest BCUT2D eigenvalue weighted by atomic mass is 16.4. The van der Waals surface area contributed by atoms with Crippen LogP contribution < -0.4 is 11.1 Å². The fourth-order valence-corrected chi connectivity index (χ4v) is 3.14. The van der Waals surface area contributed by atoms with E-state index >= 15 is 0 Å². The van der Waals surface area contributed by atoms with Gasteiger partial charge in [0.25, 0.3) is 0 Å². The van der Waals surface area contributed by atoms with Gasteiger partial charge < -0.3 is 20.0 Å². The first-order valence-corrected chi connectivity index (χ1v) is 7.62. The third-order valence-electron chi connectivity index (χ3n) is 4.30. The second kappa shape index (κ2) is 5.14. The zero-order chi connectivity index (χ0) is 15.1. The van der Waals surface area contributed by atoms with Gasteiger partial charge in [-0.3, -0.25) is 0 Å². The van der Waals surface area contributed by atoms with E-state index in [-0.39, 0.29) is 0 Å². The van der Waals surface area contributed by atoms with Gasteiger partial charge in [0.05, 0.1) is 17.4 Å². The molecule has 0 aromatic carbocycles. The van der Waals surface area contributed by atoms with Crippen LogP contribution in [0.3, 0.4) is 0 Å². The summed E-state index contributed by atoms with van der Waals surface area (Å²) in [6.45, 7) is 3.94. The van der Waals surface area contributed by atoms with Gasteiger partial charge in [0, 0.05) is 30.4 Å². The van der Waals surface area contributed by atoms with Crippen molar-refractivity contribution < 1.29 is 4.42 Å². The molecule has 3 N–H and O–H groups in total. The third kappa shape index (κ3) is 2.07. The number of nitrogens with zero attached hydrogens (tertiary/aromatic N) is 3. The highest BCUT2D eigenvalue weighted by molar-refractivity contribution is 5.95. The van der Waals surface area contributed by atoms with Gasteiger partial charge in [-0.2, -0.15) is 0 Å². The molecule has 0 radical (unpaired) electrons. The topological polar surface area (TPSA) is 81.9 Å². The molecule has 1 atom stereocenters. The van der Waals surface area contributed by atoms with Crippen LogP contribution >= 0.6 is 0 Å². The lowest BCUT2D eigenvalue weighted by molar-refractivity contribution is 0.378. The Morgan fingerprint density at radius 1 is 1.36 bits per heavy atom. The Hall–Kier alpha value is -2.34. The average molecular weight is 297 g/mol. The van der Waals surface area contributed by atoms with Crippen LogP contribution in [0.5, 0.6) is 0 Å². The molecule has 3 aromatic heterocycles. The molecule has 0 spiro atoms. The Balaban J connectivity index is 1.80. The minimum Gasteiger partial charge on any atom is -0.441 e. The molecule has 3 aromatic rings. The number of aryl methyl sites for hydroxylation is 1. The molecule has 1 fully saturated rings. The molecule has 0 amide bonds. The lowest BCUT2D eigenvalue weighted by Crippen LogP contribution is -2.31. The number of pyridine rings is 1. The van der Waals surface area contributed by atoms with Gasteiger partial charge in [-0.1, -0.05) is 0 Å². The summed E-state index contributed by atoms with van der Waals surface area (Å²) in [6.07, 6.45) is 7.89. The highest BCUT2D eigenvalue weighted by Crippen LogP contribution is 2.33. The molecule has 0 aliphatic carbocycles. The van der Waals surface area contributed by atoms with Crippen LogP contribution in [-0.2, 0) is 0 Å². The summed E-state index contributed by atoms with van der Waals surface area (Å²) in [5.41, 5.74) is 8.69. The summed E-state index contributed by atoms with van der Waals surface area (Å²) in [6, 6.07) is 2.47. The van der Waals surface area contributed by atoms with Crippen LogP contribution in [0.25, 0.3) is 22.5 Å². The molecule has 1 saturated heterocycles. The molecule has 0 unspecified atom stereocenters.